The standard InChI is InChI=1S/C11H10FN5O2/c1-5-7(12)2-6(11(18)19)3-8(5)16-17-9(4-13)10(14)15/h2-3,16H,1H3,(H3,14,15)(H,18,19)/b17-9+. The number of nitrogens with two attached hydrogens (primary N) is 1. The molecular weight excluding hydrogens is 253 g/mol. The Morgan fingerprint density at radius 3 is 2.74 bits per heavy atom. The van der Waals surface area contributed by atoms with Gasteiger partial charge >= 0.3 is 5.97 Å². The molecule has 19 heavy (non-hydrogen) atoms. The fraction of sp³-hybridized carbons (Fsp3) is 0.0909. The van der Waals surface area contributed by atoms with Gasteiger partial charge in [0.25, 0.3) is 0 Å². The molecule has 0 aliphatic carbocycles. The van der Waals surface area contributed by atoms with E-state index in [1.165, 1.54) is 13.0 Å². The van der Waals surface area contributed by atoms with Crippen molar-refractivity contribution in [2.24, 2.45) is 10.8 Å². The minimum absolute atomic E-state index is 0.0754. The van der Waals surface area contributed by atoms with Crippen LogP contribution < -0.4 is 11.2 Å². The van der Waals surface area contributed by atoms with Crippen LogP contribution in [0.25, 0.3) is 0 Å². The van der Waals surface area contributed by atoms with Crippen LogP contribution >= 0.6 is 0 Å². The number of hydrogen-bond acceptors (Lipinski definition) is 5. The Labute approximate surface area is 107 Å². The highest BCUT2D eigenvalue weighted by Gasteiger charge is 2.11. The Morgan fingerprint density at radius 2 is 2.26 bits per heavy atom. The first-order chi connectivity index (χ1) is 8.86. The summed E-state index contributed by atoms with van der Waals surface area (Å²) in [6.45, 7) is 1.42. The van der Waals surface area contributed by atoms with Gasteiger partial charge in [-0.25, -0.2) is 9.18 Å². The zero-order valence-electron chi connectivity index (χ0n) is 9.86. The lowest BCUT2D eigenvalue weighted by atomic mass is 10.1. The first kappa shape index (κ1) is 14.1. The summed E-state index contributed by atoms with van der Waals surface area (Å²) in [5.74, 6) is -2.57. The molecule has 0 amide bonds. The molecule has 8 heteroatoms. The molecule has 1 rings (SSSR count). The summed E-state index contributed by atoms with van der Waals surface area (Å²) in [5.41, 5.74) is 6.96. The predicted octanol–water partition coefficient (Wildman–Crippen LogP) is 1.06. The van der Waals surface area contributed by atoms with Crippen molar-refractivity contribution in [2.45, 2.75) is 6.92 Å². The zero-order chi connectivity index (χ0) is 14.6. The van der Waals surface area contributed by atoms with Gasteiger partial charge in [0.2, 0.25) is 5.71 Å². The van der Waals surface area contributed by atoms with Crippen LogP contribution in [0.1, 0.15) is 15.9 Å². The maximum Gasteiger partial charge on any atom is 0.335 e. The van der Waals surface area contributed by atoms with E-state index in [0.717, 1.165) is 6.07 Å². The number of carboxylic acid groups (broad SMARTS) is 1. The molecule has 5 N–H and O–H groups in total. The fourth-order valence-electron chi connectivity index (χ4n) is 1.18. The van der Waals surface area contributed by atoms with E-state index >= 15 is 0 Å². The van der Waals surface area contributed by atoms with Gasteiger partial charge in [0.15, 0.2) is 5.84 Å². The monoisotopic (exact) mass is 263 g/mol. The van der Waals surface area contributed by atoms with Gasteiger partial charge in [-0.2, -0.15) is 10.4 Å². The molecule has 1 aromatic rings. The minimum atomic E-state index is -1.29. The van der Waals surface area contributed by atoms with Crippen LogP contribution in [-0.4, -0.2) is 22.6 Å². The van der Waals surface area contributed by atoms with Crippen LogP contribution in [0.5, 0.6) is 0 Å². The summed E-state index contributed by atoms with van der Waals surface area (Å²) >= 11 is 0. The smallest absolute Gasteiger partial charge is 0.335 e. The van der Waals surface area contributed by atoms with Gasteiger partial charge in [-0.15, -0.1) is 0 Å². The number of benzene rings is 1. The molecule has 0 spiro atoms. The van der Waals surface area contributed by atoms with Crippen molar-refractivity contribution in [1.29, 1.82) is 10.7 Å². The van der Waals surface area contributed by atoms with Gasteiger partial charge in [0.1, 0.15) is 11.9 Å². The number of aromatic carboxylic acids is 1. The third-order valence-electron chi connectivity index (χ3n) is 2.24. The van der Waals surface area contributed by atoms with E-state index < -0.39 is 17.6 Å². The number of anilines is 1. The first-order valence-corrected chi connectivity index (χ1v) is 4.98. The van der Waals surface area contributed by atoms with Crippen LogP contribution in [-0.2, 0) is 0 Å². The summed E-state index contributed by atoms with van der Waals surface area (Å²) in [6.07, 6.45) is 0. The summed E-state index contributed by atoms with van der Waals surface area (Å²) in [4.78, 5) is 10.8. The number of halogens is 1. The molecule has 0 radical (unpaired) electrons. The van der Waals surface area contributed by atoms with Crippen molar-refractivity contribution < 1.29 is 14.3 Å². The quantitative estimate of drug-likeness (QED) is 0.366. The highest BCUT2D eigenvalue weighted by molar-refractivity contribution is 6.45. The average Bonchev–Trinajstić information content (AvgIpc) is 2.34. The molecule has 0 heterocycles. The van der Waals surface area contributed by atoms with Gasteiger partial charge in [-0.05, 0) is 19.1 Å². The Morgan fingerprint density at radius 1 is 1.63 bits per heavy atom. The van der Waals surface area contributed by atoms with E-state index in [9.17, 15) is 9.18 Å². The number of nitrogens with zero attached hydrogens (tertiary/aromatic N) is 2. The van der Waals surface area contributed by atoms with Gasteiger partial charge < -0.3 is 10.8 Å². The Hall–Kier alpha value is -2.95. The first-order valence-electron chi connectivity index (χ1n) is 4.98. The van der Waals surface area contributed by atoms with Crippen LogP contribution in [0, 0.1) is 29.5 Å². The van der Waals surface area contributed by atoms with Gasteiger partial charge in [-0.1, -0.05) is 0 Å². The third-order valence-corrected chi connectivity index (χ3v) is 2.24. The Balaban J connectivity index is 3.18. The molecule has 0 aliphatic heterocycles. The van der Waals surface area contributed by atoms with Crippen LogP contribution in [0.15, 0.2) is 17.2 Å². The molecule has 0 unspecified atom stereocenters. The topological polar surface area (TPSA) is 135 Å². The summed E-state index contributed by atoms with van der Waals surface area (Å²) in [7, 11) is 0. The highest BCUT2D eigenvalue weighted by atomic mass is 19.1. The molecule has 0 fully saturated rings. The lowest BCUT2D eigenvalue weighted by molar-refractivity contribution is 0.0696. The summed E-state index contributed by atoms with van der Waals surface area (Å²) in [6, 6.07) is 3.61. The summed E-state index contributed by atoms with van der Waals surface area (Å²) in [5, 5.41) is 28.0. The van der Waals surface area contributed by atoms with Crippen molar-refractivity contribution in [2.75, 3.05) is 5.43 Å². The molecular formula is C11H10FN5O2. The van der Waals surface area contributed by atoms with Crippen LogP contribution in [0.4, 0.5) is 10.1 Å². The van der Waals surface area contributed by atoms with Crippen molar-refractivity contribution in [3.63, 3.8) is 0 Å². The van der Waals surface area contributed by atoms with E-state index in [4.69, 9.17) is 21.5 Å². The number of nitriles is 1. The average molecular weight is 263 g/mol. The lowest BCUT2D eigenvalue weighted by Crippen LogP contribution is -2.22. The maximum atomic E-state index is 13.5. The zero-order valence-corrected chi connectivity index (χ0v) is 9.86. The predicted molar refractivity (Wildman–Crippen MR) is 66.7 cm³/mol. The fourth-order valence-corrected chi connectivity index (χ4v) is 1.18. The van der Waals surface area contributed by atoms with E-state index in [2.05, 4.69) is 10.5 Å². The molecule has 0 aliphatic rings. The molecule has 1 aromatic carbocycles. The van der Waals surface area contributed by atoms with Crippen molar-refractivity contribution >= 4 is 23.2 Å². The number of rotatable bonds is 4. The van der Waals surface area contributed by atoms with Crippen molar-refractivity contribution in [3.8, 4) is 6.07 Å². The van der Waals surface area contributed by atoms with E-state index in [1.54, 1.807) is 6.07 Å². The third kappa shape index (κ3) is 3.26. The molecule has 0 aromatic heterocycles. The van der Waals surface area contributed by atoms with Gasteiger partial charge in [0, 0.05) is 5.56 Å². The Kier molecular flexibility index (Phi) is 4.15. The molecule has 0 atom stereocenters. The molecule has 7 nitrogen and oxygen atoms in total. The van der Waals surface area contributed by atoms with E-state index in [-0.39, 0.29) is 22.5 Å². The van der Waals surface area contributed by atoms with Crippen LogP contribution in [0.2, 0.25) is 0 Å². The number of hydrazone groups is 1. The highest BCUT2D eigenvalue weighted by Crippen LogP contribution is 2.20. The number of amidine groups is 1. The van der Waals surface area contributed by atoms with Crippen LogP contribution in [0.3, 0.4) is 0 Å². The van der Waals surface area contributed by atoms with Crippen molar-refractivity contribution in [3.05, 3.63) is 29.1 Å². The molecule has 98 valence electrons. The van der Waals surface area contributed by atoms with Gasteiger partial charge in [0.05, 0.1) is 11.3 Å². The van der Waals surface area contributed by atoms with Gasteiger partial charge in [-0.3, -0.25) is 10.8 Å². The normalized spacial score (nSPS) is 10.7. The molecule has 0 bridgehead atoms. The lowest BCUT2D eigenvalue weighted by Gasteiger charge is -2.08. The largest absolute Gasteiger partial charge is 0.478 e. The van der Waals surface area contributed by atoms with E-state index in [0.29, 0.717) is 0 Å². The second kappa shape index (κ2) is 5.59. The molecule has 0 saturated heterocycles. The maximum absolute atomic E-state index is 13.5. The number of nitrogens with one attached hydrogen (secondary N) is 2. The number of hydrogen-bond donors (Lipinski definition) is 4. The van der Waals surface area contributed by atoms with E-state index in [1.807, 2.05) is 0 Å². The second-order valence-electron chi connectivity index (χ2n) is 3.53. The minimum Gasteiger partial charge on any atom is -0.478 e. The molecule has 0 saturated carbocycles. The number of carbonyl (C=O) groups is 1. The SMILES string of the molecule is Cc1c(F)cc(C(=O)O)cc1N/N=C(\C#N)C(=N)N. The second-order valence-corrected chi connectivity index (χ2v) is 3.53. The summed E-state index contributed by atoms with van der Waals surface area (Å²) < 4.78 is 13.5. The van der Waals surface area contributed by atoms with Crippen molar-refractivity contribution in [1.82, 2.24) is 0 Å². The number of carboxylic acids is 1. The Bertz CT molecular complexity index is 618.